The number of primary amides is 2. The van der Waals surface area contributed by atoms with Crippen LogP contribution in [-0.2, 0) is 20.8 Å². The maximum absolute atomic E-state index is 11.4. The number of aliphatic carboxylic acids is 1. The third-order valence-electron chi connectivity index (χ3n) is 3.97. The first-order valence-corrected chi connectivity index (χ1v) is 7.92. The summed E-state index contributed by atoms with van der Waals surface area (Å²) in [6.45, 7) is 1.63. The summed E-state index contributed by atoms with van der Waals surface area (Å²) < 4.78 is 31.7. The quantitative estimate of drug-likeness (QED) is 0.639. The summed E-state index contributed by atoms with van der Waals surface area (Å²) in [6, 6.07) is 5.73. The van der Waals surface area contributed by atoms with Crippen molar-refractivity contribution in [3.8, 4) is 0 Å². The number of nitrogens with zero attached hydrogens (tertiary/aromatic N) is 2. The van der Waals surface area contributed by atoms with Crippen LogP contribution in [0.1, 0.15) is 18.5 Å². The lowest BCUT2D eigenvalue weighted by Crippen LogP contribution is -2.37. The summed E-state index contributed by atoms with van der Waals surface area (Å²) in [5.74, 6) is -3.42. The molecule has 5 N–H and O–H groups in total. The zero-order valence-corrected chi connectivity index (χ0v) is 14.4. The Morgan fingerprint density at radius 2 is 1.85 bits per heavy atom. The van der Waals surface area contributed by atoms with E-state index in [1.807, 2.05) is 23.1 Å². The summed E-state index contributed by atoms with van der Waals surface area (Å²) in [4.78, 5) is 37.6. The Kier molecular flexibility index (Phi) is 7.70. The molecule has 1 aliphatic rings. The second kappa shape index (κ2) is 9.31. The normalized spacial score (nSPS) is 19.8. The zero-order valence-electron chi connectivity index (χ0n) is 14.4. The highest BCUT2D eigenvalue weighted by Crippen LogP contribution is 2.36. The average molecular weight is 390 g/mol. The first-order valence-electron chi connectivity index (χ1n) is 7.92. The number of carbonyl (C=O) groups is 3. The number of carboxylic acids is 1. The monoisotopic (exact) mass is 390 g/mol. The van der Waals surface area contributed by atoms with Crippen LogP contribution in [-0.4, -0.2) is 58.6 Å². The van der Waals surface area contributed by atoms with E-state index in [2.05, 4.69) is 4.98 Å². The molecule has 1 aliphatic heterocycles. The minimum atomic E-state index is -5.08. The van der Waals surface area contributed by atoms with Crippen molar-refractivity contribution in [2.45, 2.75) is 25.4 Å². The molecule has 2 rings (SSSR count). The number of alkyl halides is 3. The van der Waals surface area contributed by atoms with Crippen molar-refractivity contribution in [2.24, 2.45) is 16.9 Å². The summed E-state index contributed by atoms with van der Waals surface area (Å²) >= 11 is 0. The zero-order chi connectivity index (χ0) is 20.7. The summed E-state index contributed by atoms with van der Waals surface area (Å²) in [6.07, 6.45) is -1.53. The third kappa shape index (κ3) is 8.03. The van der Waals surface area contributed by atoms with Crippen LogP contribution in [0.3, 0.4) is 0 Å². The van der Waals surface area contributed by atoms with Crippen LogP contribution in [0, 0.1) is 5.41 Å². The number of likely N-dealkylation sites (tertiary alicyclic amines) is 1. The molecule has 1 saturated heterocycles. The van der Waals surface area contributed by atoms with Crippen LogP contribution in [0.2, 0.25) is 0 Å². The SMILES string of the molecule is NC(=O)CN1CCC(CC(N)=O)(Cc2ccccn2)C1.O=C(O)C(F)(F)F. The van der Waals surface area contributed by atoms with Crippen molar-refractivity contribution in [1.82, 2.24) is 9.88 Å². The molecule has 1 fully saturated rings. The van der Waals surface area contributed by atoms with Crippen molar-refractivity contribution in [3.05, 3.63) is 30.1 Å². The number of carboxylic acid groups (broad SMARTS) is 1. The van der Waals surface area contributed by atoms with Gasteiger partial charge in [-0.25, -0.2) is 4.79 Å². The molecule has 0 bridgehead atoms. The van der Waals surface area contributed by atoms with E-state index in [-0.39, 0.29) is 23.8 Å². The lowest BCUT2D eigenvalue weighted by atomic mass is 9.79. The van der Waals surface area contributed by atoms with Gasteiger partial charge in [-0.3, -0.25) is 19.5 Å². The van der Waals surface area contributed by atoms with Gasteiger partial charge in [-0.15, -0.1) is 0 Å². The first-order chi connectivity index (χ1) is 12.4. The molecule has 1 unspecified atom stereocenters. The fraction of sp³-hybridized carbons (Fsp3) is 0.500. The largest absolute Gasteiger partial charge is 0.490 e. The van der Waals surface area contributed by atoms with E-state index in [4.69, 9.17) is 21.4 Å². The maximum atomic E-state index is 11.4. The van der Waals surface area contributed by atoms with Crippen LogP contribution in [0.4, 0.5) is 13.2 Å². The second-order valence-electron chi connectivity index (χ2n) is 6.37. The Morgan fingerprint density at radius 1 is 1.22 bits per heavy atom. The van der Waals surface area contributed by atoms with Crippen LogP contribution in [0.5, 0.6) is 0 Å². The molecule has 0 spiro atoms. The highest BCUT2D eigenvalue weighted by atomic mass is 19.4. The van der Waals surface area contributed by atoms with E-state index in [1.54, 1.807) is 6.20 Å². The van der Waals surface area contributed by atoms with Gasteiger partial charge in [-0.1, -0.05) is 6.07 Å². The fourth-order valence-electron chi connectivity index (χ4n) is 2.99. The number of rotatable bonds is 6. The summed E-state index contributed by atoms with van der Waals surface area (Å²) in [5.41, 5.74) is 11.3. The van der Waals surface area contributed by atoms with E-state index < -0.39 is 12.1 Å². The molecule has 0 aliphatic carbocycles. The van der Waals surface area contributed by atoms with Crippen molar-refractivity contribution < 1.29 is 32.7 Å². The van der Waals surface area contributed by atoms with Gasteiger partial charge in [0.1, 0.15) is 0 Å². The van der Waals surface area contributed by atoms with E-state index in [0.717, 1.165) is 18.7 Å². The highest BCUT2D eigenvalue weighted by molar-refractivity contribution is 5.76. The Labute approximate surface area is 153 Å². The molecular weight excluding hydrogens is 369 g/mol. The molecule has 1 atom stereocenters. The second-order valence-corrected chi connectivity index (χ2v) is 6.37. The Balaban J connectivity index is 0.000000445. The molecule has 0 aromatic carbocycles. The van der Waals surface area contributed by atoms with Gasteiger partial charge in [-0.2, -0.15) is 13.2 Å². The van der Waals surface area contributed by atoms with E-state index in [9.17, 15) is 22.8 Å². The predicted octanol–water partition coefficient (Wildman–Crippen LogP) is 0.310. The minimum Gasteiger partial charge on any atom is -0.475 e. The molecule has 2 amide bonds. The molecular formula is C16H21F3N4O4. The van der Waals surface area contributed by atoms with Crippen molar-refractivity contribution >= 4 is 17.8 Å². The number of hydrogen-bond donors (Lipinski definition) is 3. The first kappa shape index (κ1) is 22.4. The number of amides is 2. The number of aromatic nitrogens is 1. The van der Waals surface area contributed by atoms with Gasteiger partial charge in [-0.05, 0) is 36.9 Å². The van der Waals surface area contributed by atoms with Crippen molar-refractivity contribution in [3.63, 3.8) is 0 Å². The number of pyridine rings is 1. The minimum absolute atomic E-state index is 0.225. The lowest BCUT2D eigenvalue weighted by Gasteiger charge is -2.27. The van der Waals surface area contributed by atoms with E-state index in [1.165, 1.54) is 0 Å². The number of nitrogens with two attached hydrogens (primary N) is 2. The topological polar surface area (TPSA) is 140 Å². The molecule has 2 heterocycles. The van der Waals surface area contributed by atoms with Crippen molar-refractivity contribution in [1.29, 1.82) is 0 Å². The lowest BCUT2D eigenvalue weighted by molar-refractivity contribution is -0.192. The Morgan fingerprint density at radius 3 is 2.30 bits per heavy atom. The summed E-state index contributed by atoms with van der Waals surface area (Å²) in [5, 5.41) is 7.12. The molecule has 1 aromatic heterocycles. The van der Waals surface area contributed by atoms with E-state index >= 15 is 0 Å². The van der Waals surface area contributed by atoms with Crippen LogP contribution >= 0.6 is 0 Å². The van der Waals surface area contributed by atoms with E-state index in [0.29, 0.717) is 19.4 Å². The van der Waals surface area contributed by atoms with Crippen LogP contribution < -0.4 is 11.5 Å². The highest BCUT2D eigenvalue weighted by Gasteiger charge is 2.40. The average Bonchev–Trinajstić information content (AvgIpc) is 2.88. The molecule has 150 valence electrons. The molecule has 1 aromatic rings. The fourth-order valence-corrected chi connectivity index (χ4v) is 2.99. The molecule has 8 nitrogen and oxygen atoms in total. The van der Waals surface area contributed by atoms with Gasteiger partial charge in [0.2, 0.25) is 11.8 Å². The van der Waals surface area contributed by atoms with Gasteiger partial charge < -0.3 is 16.6 Å². The van der Waals surface area contributed by atoms with Gasteiger partial charge in [0, 0.05) is 24.9 Å². The van der Waals surface area contributed by atoms with Gasteiger partial charge in [0.15, 0.2) is 0 Å². The third-order valence-corrected chi connectivity index (χ3v) is 3.97. The summed E-state index contributed by atoms with van der Waals surface area (Å²) in [7, 11) is 0. The smallest absolute Gasteiger partial charge is 0.475 e. The maximum Gasteiger partial charge on any atom is 0.490 e. The standard InChI is InChI=1S/C14H20N4O2.C2HF3O2/c15-12(19)8-14(7-11-3-1-2-5-17-11)4-6-18(10-14)9-13(16)20;3-2(4,5)1(6)7/h1-3,5H,4,6-10H2,(H2,15,19)(H2,16,20);(H,6,7). The number of halogens is 3. The van der Waals surface area contributed by atoms with Gasteiger partial charge in [0.25, 0.3) is 0 Å². The number of hydrogen-bond acceptors (Lipinski definition) is 5. The molecule has 0 radical (unpaired) electrons. The Hall–Kier alpha value is -2.69. The Bertz CT molecular complexity index is 669. The molecule has 11 heteroatoms. The van der Waals surface area contributed by atoms with Crippen LogP contribution in [0.25, 0.3) is 0 Å². The van der Waals surface area contributed by atoms with Gasteiger partial charge in [0.05, 0.1) is 6.54 Å². The molecule has 27 heavy (non-hydrogen) atoms. The van der Waals surface area contributed by atoms with Crippen molar-refractivity contribution in [2.75, 3.05) is 19.6 Å². The van der Waals surface area contributed by atoms with Crippen LogP contribution in [0.15, 0.2) is 24.4 Å². The molecule has 0 saturated carbocycles. The predicted molar refractivity (Wildman–Crippen MR) is 88.1 cm³/mol. The number of carbonyl (C=O) groups excluding carboxylic acids is 2. The van der Waals surface area contributed by atoms with Gasteiger partial charge >= 0.3 is 12.1 Å².